The first kappa shape index (κ1) is 22.0. The van der Waals surface area contributed by atoms with E-state index in [1.807, 2.05) is 0 Å². The van der Waals surface area contributed by atoms with Crippen molar-refractivity contribution >= 4 is 17.7 Å². The van der Waals surface area contributed by atoms with Crippen molar-refractivity contribution in [3.05, 3.63) is 59.7 Å². The third kappa shape index (κ3) is 4.94. The van der Waals surface area contributed by atoms with Gasteiger partial charge in [-0.3, -0.25) is 19.6 Å². The third-order valence-electron chi connectivity index (χ3n) is 4.42. The zero-order chi connectivity index (χ0) is 21.8. The number of amides is 3. The first-order valence-electron chi connectivity index (χ1n) is 8.61. The number of carbonyl (C=O) groups excluding carboxylic acids is 3. The van der Waals surface area contributed by atoms with Crippen LogP contribution >= 0.6 is 0 Å². The van der Waals surface area contributed by atoms with Crippen molar-refractivity contribution in [1.82, 2.24) is 15.7 Å². The number of halogens is 2. The Kier molecular flexibility index (Phi) is 6.65. The Morgan fingerprint density at radius 3 is 1.86 bits per heavy atom. The normalized spacial score (nSPS) is 12.1. The number of benzene rings is 2. The number of hydroxylamine groups is 1. The minimum absolute atomic E-state index is 0.0999. The minimum Gasteiger partial charge on any atom is -0.357 e. The number of hydrogen-bond donors (Lipinski definition) is 3. The van der Waals surface area contributed by atoms with Gasteiger partial charge in [0.1, 0.15) is 0 Å². The molecule has 3 N–H and O–H groups in total. The van der Waals surface area contributed by atoms with Gasteiger partial charge in [0.2, 0.25) is 0 Å². The summed E-state index contributed by atoms with van der Waals surface area (Å²) in [7, 11) is 2.56. The van der Waals surface area contributed by atoms with Gasteiger partial charge in [0.05, 0.1) is 0 Å². The molecule has 0 bridgehead atoms. The van der Waals surface area contributed by atoms with Gasteiger partial charge in [-0.05, 0) is 23.3 Å². The molecule has 0 saturated heterocycles. The minimum atomic E-state index is -2.93. The van der Waals surface area contributed by atoms with Gasteiger partial charge >= 0.3 is 0 Å². The van der Waals surface area contributed by atoms with Gasteiger partial charge in [-0.15, -0.1) is 0 Å². The number of rotatable bonds is 6. The van der Waals surface area contributed by atoms with E-state index in [9.17, 15) is 23.2 Å². The van der Waals surface area contributed by atoms with E-state index in [1.54, 1.807) is 24.3 Å². The second-order valence-corrected chi connectivity index (χ2v) is 6.45. The smallest absolute Gasteiger partial charge is 0.275 e. The SMILES string of the molecule is CNC(=O)C(C(=O)NO)N(C)C(=O)c1ccc(-c2ccc(C(C)(F)F)cc2)cc1. The Hall–Kier alpha value is -3.33. The maximum Gasteiger partial charge on any atom is 0.275 e. The summed E-state index contributed by atoms with van der Waals surface area (Å²) in [6.45, 7) is 0.821. The quantitative estimate of drug-likeness (QED) is 0.390. The molecule has 0 radical (unpaired) electrons. The van der Waals surface area contributed by atoms with E-state index >= 15 is 0 Å². The molecule has 0 aromatic heterocycles. The maximum atomic E-state index is 13.3. The van der Waals surface area contributed by atoms with Gasteiger partial charge in [0.25, 0.3) is 23.6 Å². The van der Waals surface area contributed by atoms with Crippen molar-refractivity contribution in [3.8, 4) is 11.1 Å². The molecule has 2 rings (SSSR count). The lowest BCUT2D eigenvalue weighted by Crippen LogP contribution is -2.54. The van der Waals surface area contributed by atoms with E-state index in [1.165, 1.54) is 43.8 Å². The van der Waals surface area contributed by atoms with Crippen LogP contribution < -0.4 is 10.8 Å². The lowest BCUT2D eigenvalue weighted by atomic mass is 10.0. The average molecular weight is 405 g/mol. The van der Waals surface area contributed by atoms with Gasteiger partial charge in [-0.2, -0.15) is 0 Å². The molecule has 0 aliphatic heterocycles. The summed E-state index contributed by atoms with van der Waals surface area (Å²) in [4.78, 5) is 37.2. The van der Waals surface area contributed by atoms with E-state index in [4.69, 9.17) is 5.21 Å². The molecule has 9 heteroatoms. The van der Waals surface area contributed by atoms with Crippen LogP contribution in [-0.4, -0.2) is 48.0 Å². The summed E-state index contributed by atoms with van der Waals surface area (Å²) in [5.41, 5.74) is 2.86. The molecule has 0 fully saturated rings. The summed E-state index contributed by atoms with van der Waals surface area (Å²) in [5, 5.41) is 11.1. The molecule has 0 spiro atoms. The van der Waals surface area contributed by atoms with Crippen molar-refractivity contribution in [2.45, 2.75) is 18.9 Å². The van der Waals surface area contributed by atoms with Crippen LogP contribution in [0.2, 0.25) is 0 Å². The highest BCUT2D eigenvalue weighted by atomic mass is 19.3. The number of alkyl halides is 2. The Morgan fingerprint density at radius 1 is 0.966 bits per heavy atom. The molecule has 0 heterocycles. The molecule has 3 amide bonds. The lowest BCUT2D eigenvalue weighted by Gasteiger charge is -2.25. The van der Waals surface area contributed by atoms with Crippen LogP contribution in [0.3, 0.4) is 0 Å². The van der Waals surface area contributed by atoms with Crippen LogP contribution in [-0.2, 0) is 15.5 Å². The predicted molar refractivity (Wildman–Crippen MR) is 101 cm³/mol. The van der Waals surface area contributed by atoms with Crippen molar-refractivity contribution in [2.75, 3.05) is 14.1 Å². The highest BCUT2D eigenvalue weighted by molar-refractivity contribution is 6.08. The topological polar surface area (TPSA) is 98.7 Å². The van der Waals surface area contributed by atoms with Crippen LogP contribution in [0.15, 0.2) is 48.5 Å². The monoisotopic (exact) mass is 405 g/mol. The fraction of sp³-hybridized carbons (Fsp3) is 0.250. The number of nitrogens with zero attached hydrogens (tertiary/aromatic N) is 1. The Morgan fingerprint density at radius 2 is 1.45 bits per heavy atom. The predicted octanol–water partition coefficient (Wildman–Crippen LogP) is 2.16. The fourth-order valence-corrected chi connectivity index (χ4v) is 2.75. The number of hydrogen-bond acceptors (Lipinski definition) is 4. The van der Waals surface area contributed by atoms with Gasteiger partial charge < -0.3 is 10.2 Å². The zero-order valence-corrected chi connectivity index (χ0v) is 16.1. The first-order valence-corrected chi connectivity index (χ1v) is 8.61. The summed E-state index contributed by atoms with van der Waals surface area (Å²) in [5.74, 6) is -5.36. The largest absolute Gasteiger partial charge is 0.357 e. The van der Waals surface area contributed by atoms with Gasteiger partial charge in [0.15, 0.2) is 6.04 Å². The number of likely N-dealkylation sites (N-methyl/N-ethyl adjacent to an activating group) is 2. The zero-order valence-electron chi connectivity index (χ0n) is 16.1. The molecule has 29 heavy (non-hydrogen) atoms. The summed E-state index contributed by atoms with van der Waals surface area (Å²) >= 11 is 0. The highest BCUT2D eigenvalue weighted by Crippen LogP contribution is 2.29. The molecule has 7 nitrogen and oxygen atoms in total. The molecule has 154 valence electrons. The van der Waals surface area contributed by atoms with E-state index in [0.717, 1.165) is 11.8 Å². The standard InChI is InChI=1S/C20H21F2N3O4/c1-20(21,22)15-10-8-13(9-11-15)12-4-6-14(7-5-12)19(28)25(3)16(17(26)23-2)18(27)24-29/h4-11,16,29H,1-3H3,(H,23,26)(H,24,27). The molecule has 1 unspecified atom stereocenters. The third-order valence-corrected chi connectivity index (χ3v) is 4.42. The van der Waals surface area contributed by atoms with Crippen molar-refractivity contribution in [3.63, 3.8) is 0 Å². The molecule has 0 saturated carbocycles. The van der Waals surface area contributed by atoms with Crippen molar-refractivity contribution < 1.29 is 28.4 Å². The maximum absolute atomic E-state index is 13.3. The van der Waals surface area contributed by atoms with E-state index in [-0.39, 0.29) is 11.1 Å². The lowest BCUT2D eigenvalue weighted by molar-refractivity contribution is -0.140. The average Bonchev–Trinajstić information content (AvgIpc) is 2.72. The Balaban J connectivity index is 2.23. The summed E-state index contributed by atoms with van der Waals surface area (Å²) in [6, 6.07) is 10.5. The first-order chi connectivity index (χ1) is 13.6. The second-order valence-electron chi connectivity index (χ2n) is 6.45. The highest BCUT2D eigenvalue weighted by Gasteiger charge is 2.33. The Bertz CT molecular complexity index is 877. The van der Waals surface area contributed by atoms with Crippen LogP contribution in [0.25, 0.3) is 11.1 Å². The molecule has 2 aromatic carbocycles. The van der Waals surface area contributed by atoms with Crippen LogP contribution in [0, 0.1) is 0 Å². The molecular weight excluding hydrogens is 384 g/mol. The number of carbonyl (C=O) groups is 3. The van der Waals surface area contributed by atoms with Gasteiger partial charge in [0, 0.05) is 32.1 Å². The van der Waals surface area contributed by atoms with Crippen molar-refractivity contribution in [1.29, 1.82) is 0 Å². The van der Waals surface area contributed by atoms with E-state index < -0.39 is 29.7 Å². The molecule has 0 aliphatic carbocycles. The van der Waals surface area contributed by atoms with Crippen LogP contribution in [0.1, 0.15) is 22.8 Å². The Labute approximate surface area is 166 Å². The molecule has 0 aliphatic rings. The van der Waals surface area contributed by atoms with Gasteiger partial charge in [-0.25, -0.2) is 14.3 Å². The van der Waals surface area contributed by atoms with Crippen LogP contribution in [0.5, 0.6) is 0 Å². The second kappa shape index (κ2) is 8.78. The molecular formula is C20H21F2N3O4. The molecule has 2 aromatic rings. The van der Waals surface area contributed by atoms with Crippen molar-refractivity contribution in [2.24, 2.45) is 0 Å². The summed E-state index contributed by atoms with van der Waals surface area (Å²) < 4.78 is 26.6. The van der Waals surface area contributed by atoms with Crippen LogP contribution in [0.4, 0.5) is 8.78 Å². The van der Waals surface area contributed by atoms with E-state index in [2.05, 4.69) is 5.32 Å². The summed E-state index contributed by atoms with van der Waals surface area (Å²) in [6.07, 6.45) is 0. The number of nitrogens with one attached hydrogen (secondary N) is 2. The van der Waals surface area contributed by atoms with E-state index in [0.29, 0.717) is 11.1 Å². The van der Waals surface area contributed by atoms with Gasteiger partial charge in [-0.1, -0.05) is 36.4 Å². The molecule has 1 atom stereocenters. The fourth-order valence-electron chi connectivity index (χ4n) is 2.75.